The van der Waals surface area contributed by atoms with Crippen molar-refractivity contribution in [2.24, 2.45) is 0 Å². The van der Waals surface area contributed by atoms with Gasteiger partial charge in [-0.1, -0.05) is 30.3 Å². The number of hydrogen-bond donors (Lipinski definition) is 0. The van der Waals surface area contributed by atoms with Gasteiger partial charge in [-0.2, -0.15) is 0 Å². The molecular formula is C21H21F2NO4. The van der Waals surface area contributed by atoms with Gasteiger partial charge in [0.1, 0.15) is 11.6 Å². The second-order valence-electron chi connectivity index (χ2n) is 6.70. The predicted octanol–water partition coefficient (Wildman–Crippen LogP) is 2.87. The lowest BCUT2D eigenvalue weighted by Gasteiger charge is -2.38. The molecule has 0 radical (unpaired) electrons. The Balaban J connectivity index is 1.96. The summed E-state index contributed by atoms with van der Waals surface area (Å²) in [5, 5.41) is 0. The van der Waals surface area contributed by atoms with Crippen molar-refractivity contribution in [1.29, 1.82) is 0 Å². The lowest BCUT2D eigenvalue weighted by Crippen LogP contribution is -2.58. The number of carbonyl (C=O) groups excluding carboxylic acids is 2. The van der Waals surface area contributed by atoms with E-state index in [0.717, 1.165) is 23.8 Å². The molecule has 0 bridgehead atoms. The number of methoxy groups -OCH3 is 1. The third-order valence-electron chi connectivity index (χ3n) is 4.92. The molecule has 148 valence electrons. The van der Waals surface area contributed by atoms with Crippen LogP contribution in [0.5, 0.6) is 0 Å². The molecule has 2 aromatic carbocycles. The number of esters is 1. The first-order valence-electron chi connectivity index (χ1n) is 8.91. The lowest BCUT2D eigenvalue weighted by atomic mass is 9.94. The van der Waals surface area contributed by atoms with Crippen molar-refractivity contribution >= 4 is 11.9 Å². The van der Waals surface area contributed by atoms with Gasteiger partial charge in [-0.25, -0.2) is 13.6 Å². The number of nitrogens with zero attached hydrogens (tertiary/aromatic N) is 1. The predicted molar refractivity (Wildman–Crippen MR) is 97.2 cm³/mol. The molecular weight excluding hydrogens is 368 g/mol. The fourth-order valence-electron chi connectivity index (χ4n) is 3.41. The summed E-state index contributed by atoms with van der Waals surface area (Å²) in [7, 11) is 1.25. The molecule has 0 unspecified atom stereocenters. The summed E-state index contributed by atoms with van der Waals surface area (Å²) in [6.45, 7) is 0.404. The van der Waals surface area contributed by atoms with Crippen LogP contribution in [-0.2, 0) is 32.0 Å². The van der Waals surface area contributed by atoms with Crippen LogP contribution in [-0.4, -0.2) is 42.6 Å². The first-order chi connectivity index (χ1) is 13.5. The zero-order valence-electron chi connectivity index (χ0n) is 15.5. The van der Waals surface area contributed by atoms with E-state index in [2.05, 4.69) is 0 Å². The highest BCUT2D eigenvalue weighted by atomic mass is 19.1. The molecule has 1 saturated heterocycles. The number of benzene rings is 2. The maximum atomic E-state index is 14.1. The Morgan fingerprint density at radius 1 is 1.18 bits per heavy atom. The highest BCUT2D eigenvalue weighted by Crippen LogP contribution is 2.30. The molecule has 0 aliphatic carbocycles. The minimum absolute atomic E-state index is 0.0100. The van der Waals surface area contributed by atoms with E-state index in [4.69, 9.17) is 9.47 Å². The summed E-state index contributed by atoms with van der Waals surface area (Å²) < 4.78 is 38.0. The second kappa shape index (κ2) is 8.48. The summed E-state index contributed by atoms with van der Waals surface area (Å²) in [4.78, 5) is 27.1. The van der Waals surface area contributed by atoms with E-state index in [9.17, 15) is 18.4 Å². The topological polar surface area (TPSA) is 55.8 Å². The Bertz CT molecular complexity index is 851. The minimum atomic E-state index is -1.30. The molecule has 1 amide bonds. The van der Waals surface area contributed by atoms with E-state index >= 15 is 0 Å². The van der Waals surface area contributed by atoms with Crippen LogP contribution in [0.4, 0.5) is 8.78 Å². The van der Waals surface area contributed by atoms with Crippen LogP contribution in [0.2, 0.25) is 0 Å². The zero-order chi connectivity index (χ0) is 20.1. The molecule has 1 atom stereocenters. The van der Waals surface area contributed by atoms with E-state index in [1.807, 2.05) is 30.3 Å². The molecule has 5 nitrogen and oxygen atoms in total. The highest BCUT2D eigenvalue weighted by Gasteiger charge is 2.50. The van der Waals surface area contributed by atoms with Gasteiger partial charge in [0.25, 0.3) is 0 Å². The minimum Gasteiger partial charge on any atom is -0.467 e. The molecule has 0 aromatic heterocycles. The van der Waals surface area contributed by atoms with Crippen LogP contribution >= 0.6 is 0 Å². The van der Waals surface area contributed by atoms with Gasteiger partial charge in [-0.15, -0.1) is 0 Å². The summed E-state index contributed by atoms with van der Waals surface area (Å²) in [6.07, 6.45) is -0.112. The average molecular weight is 389 g/mol. The summed E-state index contributed by atoms with van der Waals surface area (Å²) in [6, 6.07) is 12.1. The van der Waals surface area contributed by atoms with Crippen molar-refractivity contribution in [3.63, 3.8) is 0 Å². The SMILES string of the molecule is COC(=O)[C@]1(N(Cc2ccccc2)C(=O)Cc2cc(F)ccc2F)CCOC1. The van der Waals surface area contributed by atoms with Crippen LogP contribution in [0.25, 0.3) is 0 Å². The van der Waals surface area contributed by atoms with Crippen molar-refractivity contribution in [2.75, 3.05) is 20.3 Å². The Morgan fingerprint density at radius 2 is 1.93 bits per heavy atom. The van der Waals surface area contributed by atoms with E-state index < -0.39 is 29.0 Å². The van der Waals surface area contributed by atoms with E-state index in [1.54, 1.807) is 0 Å². The maximum Gasteiger partial charge on any atom is 0.334 e. The molecule has 28 heavy (non-hydrogen) atoms. The highest BCUT2D eigenvalue weighted by molar-refractivity contribution is 5.89. The number of carbonyl (C=O) groups is 2. The number of hydrogen-bond acceptors (Lipinski definition) is 4. The van der Waals surface area contributed by atoms with Gasteiger partial charge < -0.3 is 14.4 Å². The Morgan fingerprint density at radius 3 is 2.57 bits per heavy atom. The lowest BCUT2D eigenvalue weighted by molar-refractivity contribution is -0.162. The van der Waals surface area contributed by atoms with Crippen LogP contribution in [0, 0.1) is 11.6 Å². The van der Waals surface area contributed by atoms with Crippen molar-refractivity contribution in [1.82, 2.24) is 4.90 Å². The van der Waals surface area contributed by atoms with Crippen molar-refractivity contribution < 1.29 is 27.8 Å². The Kier molecular flexibility index (Phi) is 6.04. The smallest absolute Gasteiger partial charge is 0.334 e. The molecule has 3 rings (SSSR count). The van der Waals surface area contributed by atoms with Gasteiger partial charge in [0, 0.05) is 25.1 Å². The molecule has 1 aliphatic rings. The molecule has 1 aliphatic heterocycles. The molecule has 2 aromatic rings. The van der Waals surface area contributed by atoms with E-state index in [0.29, 0.717) is 6.61 Å². The van der Waals surface area contributed by atoms with Crippen LogP contribution in [0.1, 0.15) is 17.5 Å². The van der Waals surface area contributed by atoms with Crippen molar-refractivity contribution in [3.8, 4) is 0 Å². The molecule has 1 heterocycles. The van der Waals surface area contributed by atoms with E-state index in [1.165, 1.54) is 12.0 Å². The largest absolute Gasteiger partial charge is 0.467 e. The van der Waals surface area contributed by atoms with Gasteiger partial charge in [-0.3, -0.25) is 4.79 Å². The van der Waals surface area contributed by atoms with Crippen LogP contribution in [0.3, 0.4) is 0 Å². The van der Waals surface area contributed by atoms with Crippen molar-refractivity contribution in [3.05, 3.63) is 71.3 Å². The summed E-state index contributed by atoms with van der Waals surface area (Å²) in [5.41, 5.74) is -0.571. The van der Waals surface area contributed by atoms with Gasteiger partial charge in [-0.05, 0) is 23.8 Å². The monoisotopic (exact) mass is 389 g/mol. The Hall–Kier alpha value is -2.80. The maximum absolute atomic E-state index is 14.1. The average Bonchev–Trinajstić information content (AvgIpc) is 3.20. The molecule has 0 N–H and O–H groups in total. The Labute approximate surface area is 161 Å². The fourth-order valence-corrected chi connectivity index (χ4v) is 3.41. The molecule has 0 saturated carbocycles. The molecule has 0 spiro atoms. The van der Waals surface area contributed by atoms with Crippen LogP contribution in [0.15, 0.2) is 48.5 Å². The van der Waals surface area contributed by atoms with Gasteiger partial charge in [0.05, 0.1) is 20.1 Å². The first kappa shape index (κ1) is 19.9. The van der Waals surface area contributed by atoms with Gasteiger partial charge in [0.2, 0.25) is 5.91 Å². The number of rotatable bonds is 6. The van der Waals surface area contributed by atoms with Crippen molar-refractivity contribution in [2.45, 2.75) is 24.9 Å². The molecule has 1 fully saturated rings. The third-order valence-corrected chi connectivity index (χ3v) is 4.92. The zero-order valence-corrected chi connectivity index (χ0v) is 15.5. The van der Waals surface area contributed by atoms with Gasteiger partial charge >= 0.3 is 5.97 Å². The first-order valence-corrected chi connectivity index (χ1v) is 8.91. The number of amides is 1. The summed E-state index contributed by atoms with van der Waals surface area (Å²) >= 11 is 0. The van der Waals surface area contributed by atoms with E-state index in [-0.39, 0.29) is 31.6 Å². The van der Waals surface area contributed by atoms with Crippen LogP contribution < -0.4 is 0 Å². The quantitative estimate of drug-likeness (QED) is 0.713. The van der Waals surface area contributed by atoms with Gasteiger partial charge in [0.15, 0.2) is 5.54 Å². The molecule has 7 heteroatoms. The number of ether oxygens (including phenoxy) is 2. The standard InChI is InChI=1S/C21H21F2NO4/c1-27-20(26)21(9-10-28-14-21)24(13-15-5-3-2-4-6-15)19(25)12-16-11-17(22)7-8-18(16)23/h2-8,11H,9-10,12-14H2,1H3/t21-/m0/s1. The third kappa shape index (κ3) is 4.04. The normalized spacial score (nSPS) is 18.7. The number of halogens is 2. The fraction of sp³-hybridized carbons (Fsp3) is 0.333. The summed E-state index contributed by atoms with van der Waals surface area (Å²) in [5.74, 6) is -2.41. The second-order valence-corrected chi connectivity index (χ2v) is 6.70.